The van der Waals surface area contributed by atoms with Gasteiger partial charge >= 0.3 is 0 Å². The molecule has 2 aromatic carbocycles. The zero-order chi connectivity index (χ0) is 14.9. The number of rotatable bonds is 8. The SMILES string of the molecule is COc1ccccc1[C@@H](O)CNCCCc1ccccc1. The summed E-state index contributed by atoms with van der Waals surface area (Å²) in [7, 11) is 1.62. The first kappa shape index (κ1) is 15.5. The van der Waals surface area contributed by atoms with Crippen LogP contribution in [0.3, 0.4) is 0 Å². The van der Waals surface area contributed by atoms with E-state index in [-0.39, 0.29) is 0 Å². The summed E-state index contributed by atoms with van der Waals surface area (Å²) < 4.78 is 5.26. The summed E-state index contributed by atoms with van der Waals surface area (Å²) in [5.41, 5.74) is 2.18. The standard InChI is InChI=1S/C18H23NO2/c1-21-18-12-6-5-11-16(18)17(20)14-19-13-7-10-15-8-3-2-4-9-15/h2-6,8-9,11-12,17,19-20H,7,10,13-14H2,1H3/t17-/m0/s1. The topological polar surface area (TPSA) is 41.5 Å². The summed E-state index contributed by atoms with van der Waals surface area (Å²) in [6, 6.07) is 18.0. The molecular formula is C18H23NO2. The van der Waals surface area contributed by atoms with Crippen LogP contribution in [-0.2, 0) is 6.42 Å². The molecule has 112 valence electrons. The Morgan fingerprint density at radius 3 is 2.52 bits per heavy atom. The highest BCUT2D eigenvalue weighted by Crippen LogP contribution is 2.23. The molecule has 2 N–H and O–H groups in total. The van der Waals surface area contributed by atoms with Crippen molar-refractivity contribution in [2.45, 2.75) is 18.9 Å². The van der Waals surface area contributed by atoms with E-state index >= 15 is 0 Å². The summed E-state index contributed by atoms with van der Waals surface area (Å²) >= 11 is 0. The van der Waals surface area contributed by atoms with Crippen molar-refractivity contribution in [3.8, 4) is 5.75 Å². The Morgan fingerprint density at radius 2 is 1.76 bits per heavy atom. The number of aryl methyl sites for hydroxylation is 1. The number of ether oxygens (including phenoxy) is 1. The number of hydrogen-bond acceptors (Lipinski definition) is 3. The van der Waals surface area contributed by atoms with Crippen LogP contribution in [-0.4, -0.2) is 25.3 Å². The van der Waals surface area contributed by atoms with Crippen LogP contribution in [0, 0.1) is 0 Å². The van der Waals surface area contributed by atoms with Crippen LogP contribution in [0.2, 0.25) is 0 Å². The molecule has 0 saturated carbocycles. The van der Waals surface area contributed by atoms with Gasteiger partial charge in [-0.3, -0.25) is 0 Å². The largest absolute Gasteiger partial charge is 0.496 e. The van der Waals surface area contributed by atoms with Gasteiger partial charge in [-0.1, -0.05) is 48.5 Å². The molecule has 0 amide bonds. The van der Waals surface area contributed by atoms with Gasteiger partial charge in [0.15, 0.2) is 0 Å². The van der Waals surface area contributed by atoms with Gasteiger partial charge in [0.2, 0.25) is 0 Å². The molecule has 0 unspecified atom stereocenters. The number of hydrogen-bond donors (Lipinski definition) is 2. The second-order valence-electron chi connectivity index (χ2n) is 5.05. The molecule has 0 heterocycles. The van der Waals surface area contributed by atoms with Crippen molar-refractivity contribution in [3.63, 3.8) is 0 Å². The zero-order valence-corrected chi connectivity index (χ0v) is 12.5. The van der Waals surface area contributed by atoms with Gasteiger partial charge < -0.3 is 15.2 Å². The lowest BCUT2D eigenvalue weighted by Crippen LogP contribution is -2.23. The van der Waals surface area contributed by atoms with Crippen molar-refractivity contribution >= 4 is 0 Å². The Morgan fingerprint density at radius 1 is 1.05 bits per heavy atom. The van der Waals surface area contributed by atoms with E-state index in [2.05, 4.69) is 29.6 Å². The molecule has 0 bridgehead atoms. The van der Waals surface area contributed by atoms with E-state index in [1.165, 1.54) is 5.56 Å². The highest BCUT2D eigenvalue weighted by molar-refractivity contribution is 5.35. The predicted molar refractivity (Wildman–Crippen MR) is 85.6 cm³/mol. The average Bonchev–Trinajstić information content (AvgIpc) is 2.55. The van der Waals surface area contributed by atoms with Crippen LogP contribution in [0.4, 0.5) is 0 Å². The molecule has 0 aliphatic heterocycles. The molecule has 0 fully saturated rings. The Hall–Kier alpha value is -1.84. The first-order valence-corrected chi connectivity index (χ1v) is 7.37. The molecule has 2 rings (SSSR count). The normalized spacial score (nSPS) is 12.1. The van der Waals surface area contributed by atoms with Gasteiger partial charge in [-0.15, -0.1) is 0 Å². The van der Waals surface area contributed by atoms with Crippen molar-refractivity contribution in [1.82, 2.24) is 5.32 Å². The van der Waals surface area contributed by atoms with Crippen LogP contribution in [0.5, 0.6) is 5.75 Å². The van der Waals surface area contributed by atoms with Gasteiger partial charge in [0.25, 0.3) is 0 Å². The molecule has 0 saturated heterocycles. The third-order valence-corrected chi connectivity index (χ3v) is 3.50. The van der Waals surface area contributed by atoms with Gasteiger partial charge in [0.05, 0.1) is 13.2 Å². The molecule has 0 spiro atoms. The van der Waals surface area contributed by atoms with Crippen LogP contribution in [0.15, 0.2) is 54.6 Å². The summed E-state index contributed by atoms with van der Waals surface area (Å²) in [5.74, 6) is 0.732. The fourth-order valence-electron chi connectivity index (χ4n) is 2.35. The van der Waals surface area contributed by atoms with Gasteiger partial charge in [-0.2, -0.15) is 0 Å². The van der Waals surface area contributed by atoms with E-state index < -0.39 is 6.10 Å². The third kappa shape index (κ3) is 4.88. The molecule has 0 aliphatic carbocycles. The monoisotopic (exact) mass is 285 g/mol. The molecule has 0 aliphatic rings. The maximum atomic E-state index is 10.2. The quantitative estimate of drug-likeness (QED) is 0.733. The lowest BCUT2D eigenvalue weighted by molar-refractivity contribution is 0.170. The van der Waals surface area contributed by atoms with Crippen molar-refractivity contribution in [1.29, 1.82) is 0 Å². The van der Waals surface area contributed by atoms with E-state index in [1.807, 2.05) is 30.3 Å². The molecule has 3 nitrogen and oxygen atoms in total. The summed E-state index contributed by atoms with van der Waals surface area (Å²) in [5, 5.41) is 13.5. The fraction of sp³-hybridized carbons (Fsp3) is 0.333. The van der Waals surface area contributed by atoms with Crippen molar-refractivity contribution in [3.05, 3.63) is 65.7 Å². The Kier molecular flexibility index (Phi) is 6.25. The molecule has 21 heavy (non-hydrogen) atoms. The smallest absolute Gasteiger partial charge is 0.124 e. The maximum absolute atomic E-state index is 10.2. The second-order valence-corrected chi connectivity index (χ2v) is 5.05. The zero-order valence-electron chi connectivity index (χ0n) is 12.5. The average molecular weight is 285 g/mol. The van der Waals surface area contributed by atoms with E-state index in [1.54, 1.807) is 7.11 Å². The highest BCUT2D eigenvalue weighted by Gasteiger charge is 2.11. The lowest BCUT2D eigenvalue weighted by atomic mass is 10.1. The highest BCUT2D eigenvalue weighted by atomic mass is 16.5. The maximum Gasteiger partial charge on any atom is 0.124 e. The Labute approximate surface area is 126 Å². The summed E-state index contributed by atoms with van der Waals surface area (Å²) in [6.45, 7) is 1.43. The summed E-state index contributed by atoms with van der Waals surface area (Å²) in [6.07, 6.45) is 1.57. The first-order valence-electron chi connectivity index (χ1n) is 7.37. The molecule has 3 heteroatoms. The second kappa shape index (κ2) is 8.45. The van der Waals surface area contributed by atoms with Crippen LogP contribution < -0.4 is 10.1 Å². The van der Waals surface area contributed by atoms with Crippen LogP contribution in [0.1, 0.15) is 23.7 Å². The number of benzene rings is 2. The van der Waals surface area contributed by atoms with Gasteiger partial charge in [0, 0.05) is 12.1 Å². The molecule has 0 radical (unpaired) electrons. The first-order chi connectivity index (χ1) is 10.3. The number of aliphatic hydroxyl groups excluding tert-OH is 1. The Bertz CT molecular complexity index is 528. The fourth-order valence-corrected chi connectivity index (χ4v) is 2.35. The number of para-hydroxylation sites is 1. The van der Waals surface area contributed by atoms with Crippen molar-refractivity contribution in [2.75, 3.05) is 20.2 Å². The van der Waals surface area contributed by atoms with E-state index in [0.29, 0.717) is 6.54 Å². The third-order valence-electron chi connectivity index (χ3n) is 3.50. The number of nitrogens with one attached hydrogen (secondary N) is 1. The van der Waals surface area contributed by atoms with Crippen molar-refractivity contribution in [2.24, 2.45) is 0 Å². The number of aliphatic hydroxyl groups is 1. The van der Waals surface area contributed by atoms with E-state index in [4.69, 9.17) is 4.74 Å². The van der Waals surface area contributed by atoms with Crippen LogP contribution >= 0.6 is 0 Å². The minimum absolute atomic E-state index is 0.537. The molecule has 0 aromatic heterocycles. The van der Waals surface area contributed by atoms with Gasteiger partial charge in [0.1, 0.15) is 5.75 Å². The molecular weight excluding hydrogens is 262 g/mol. The Balaban J connectivity index is 1.71. The number of methoxy groups -OCH3 is 1. The molecule has 1 atom stereocenters. The lowest BCUT2D eigenvalue weighted by Gasteiger charge is -2.15. The van der Waals surface area contributed by atoms with Gasteiger partial charge in [-0.05, 0) is 31.0 Å². The summed E-state index contributed by atoms with van der Waals surface area (Å²) in [4.78, 5) is 0. The minimum Gasteiger partial charge on any atom is -0.496 e. The molecule has 2 aromatic rings. The minimum atomic E-state index is -0.544. The van der Waals surface area contributed by atoms with E-state index in [0.717, 1.165) is 30.7 Å². The van der Waals surface area contributed by atoms with Gasteiger partial charge in [-0.25, -0.2) is 0 Å². The van der Waals surface area contributed by atoms with Crippen molar-refractivity contribution < 1.29 is 9.84 Å². The predicted octanol–water partition coefficient (Wildman–Crippen LogP) is 2.95. The van der Waals surface area contributed by atoms with Crippen LogP contribution in [0.25, 0.3) is 0 Å². The van der Waals surface area contributed by atoms with E-state index in [9.17, 15) is 5.11 Å².